The fraction of sp³-hybridized carbons (Fsp3) is 0.200. The molecule has 0 aliphatic carbocycles. The average molecular weight is 690 g/mol. The summed E-state index contributed by atoms with van der Waals surface area (Å²) < 4.78 is 18.8. The van der Waals surface area contributed by atoms with E-state index in [0.29, 0.717) is 25.1 Å². The summed E-state index contributed by atoms with van der Waals surface area (Å²) in [7, 11) is 3.32. The minimum atomic E-state index is -0.939. The number of nitrogens with zero attached hydrogens (tertiary/aromatic N) is 1. The first-order valence-electron chi connectivity index (χ1n) is 15.7. The van der Waals surface area contributed by atoms with E-state index in [2.05, 4.69) is 57.1 Å². The summed E-state index contributed by atoms with van der Waals surface area (Å²) in [4.78, 5) is 21.7. The zero-order valence-corrected chi connectivity index (χ0v) is 28.3. The van der Waals surface area contributed by atoms with Gasteiger partial charge in [-0.2, -0.15) is 0 Å². The van der Waals surface area contributed by atoms with Gasteiger partial charge >= 0.3 is 0 Å². The van der Waals surface area contributed by atoms with Gasteiger partial charge in [-0.25, -0.2) is 0 Å². The zero-order valence-electron chi connectivity index (χ0n) is 26.7. The third kappa shape index (κ3) is 6.46. The molecule has 0 amide bonds. The average Bonchev–Trinajstić information content (AvgIpc) is 3.47. The van der Waals surface area contributed by atoms with Crippen molar-refractivity contribution in [2.24, 2.45) is 5.92 Å². The number of hydrogen-bond donors (Lipinski definition) is 1. The minimum Gasteiger partial charge on any atom is -0.497 e. The van der Waals surface area contributed by atoms with Crippen LogP contribution in [0.2, 0.25) is 0 Å². The number of nitrogens with one attached hydrogen (secondary N) is 1. The van der Waals surface area contributed by atoms with E-state index in [1.54, 1.807) is 20.4 Å². The molecule has 0 aliphatic rings. The van der Waals surface area contributed by atoms with E-state index in [4.69, 9.17) is 14.2 Å². The Morgan fingerprint density at radius 2 is 1.45 bits per heavy atom. The van der Waals surface area contributed by atoms with Crippen LogP contribution in [0.1, 0.15) is 46.9 Å². The molecule has 1 N–H and O–H groups in total. The van der Waals surface area contributed by atoms with Crippen LogP contribution in [-0.4, -0.2) is 36.6 Å². The molecule has 0 bridgehead atoms. The zero-order chi connectivity index (χ0) is 32.8. The molecule has 0 saturated heterocycles. The Balaban J connectivity index is 1.31. The Morgan fingerprint density at radius 1 is 0.809 bits per heavy atom. The minimum absolute atomic E-state index is 0.0568. The number of methoxy groups -OCH3 is 2. The molecule has 0 fully saturated rings. The highest BCUT2D eigenvalue weighted by Gasteiger charge is 2.38. The number of ketones is 1. The Hall–Kier alpha value is -4.72. The van der Waals surface area contributed by atoms with Gasteiger partial charge in [0, 0.05) is 41.4 Å². The Labute approximate surface area is 283 Å². The number of aromatic nitrogens is 2. The quantitative estimate of drug-likeness (QED) is 0.0966. The van der Waals surface area contributed by atoms with Crippen LogP contribution < -0.4 is 9.47 Å². The van der Waals surface area contributed by atoms with Gasteiger partial charge in [-0.1, -0.05) is 79.7 Å². The van der Waals surface area contributed by atoms with Crippen molar-refractivity contribution in [3.8, 4) is 22.6 Å². The second-order valence-electron chi connectivity index (χ2n) is 11.4. The van der Waals surface area contributed by atoms with Gasteiger partial charge in [0.15, 0.2) is 5.78 Å². The number of carbonyl (C=O) groups is 1. The maximum Gasteiger partial charge on any atom is 0.183 e. The summed E-state index contributed by atoms with van der Waals surface area (Å²) in [6, 6.07) is 36.3. The predicted molar refractivity (Wildman–Crippen MR) is 190 cm³/mol. The van der Waals surface area contributed by atoms with E-state index >= 15 is 0 Å². The van der Waals surface area contributed by atoms with Crippen LogP contribution in [0.3, 0.4) is 0 Å². The molecule has 2 aromatic heterocycles. The number of rotatable bonds is 13. The van der Waals surface area contributed by atoms with Gasteiger partial charge < -0.3 is 19.2 Å². The molecule has 4 aromatic carbocycles. The van der Waals surface area contributed by atoms with Crippen molar-refractivity contribution in [3.63, 3.8) is 0 Å². The van der Waals surface area contributed by atoms with Crippen molar-refractivity contribution in [2.45, 2.75) is 25.4 Å². The van der Waals surface area contributed by atoms with Crippen molar-refractivity contribution in [1.82, 2.24) is 9.97 Å². The maximum atomic E-state index is 14.1. The fourth-order valence-corrected chi connectivity index (χ4v) is 6.84. The summed E-state index contributed by atoms with van der Waals surface area (Å²) in [5, 5.41) is 0.967. The van der Waals surface area contributed by atoms with Crippen molar-refractivity contribution in [2.75, 3.05) is 20.8 Å². The molecule has 6 aromatic rings. The van der Waals surface area contributed by atoms with E-state index in [9.17, 15) is 4.79 Å². The molecule has 7 heteroatoms. The Bertz CT molecular complexity index is 1890. The number of fused-ring (bicyclic) bond motifs is 1. The SMILES string of the molecule is CCC(CCOC(c1ccccc1)(c1ccc(OC)cc1)c1ccc(OC)cc1)C(=O)c1[nH]c2cc(-c3cccnc3)ccc2c1Br. The van der Waals surface area contributed by atoms with Crippen molar-refractivity contribution in [1.29, 1.82) is 0 Å². The largest absolute Gasteiger partial charge is 0.497 e. The molecular formula is C40H37BrN2O4. The molecule has 238 valence electrons. The number of H-pyrrole nitrogens is 1. The van der Waals surface area contributed by atoms with Gasteiger partial charge in [-0.3, -0.25) is 9.78 Å². The van der Waals surface area contributed by atoms with Gasteiger partial charge in [-0.05, 0) is 87.4 Å². The number of halogens is 1. The normalized spacial score (nSPS) is 12.2. The van der Waals surface area contributed by atoms with Crippen LogP contribution in [-0.2, 0) is 10.3 Å². The van der Waals surface area contributed by atoms with Crippen LogP contribution in [0.25, 0.3) is 22.0 Å². The number of aromatic amines is 1. The summed E-state index contributed by atoms with van der Waals surface area (Å²) in [5.41, 5.74) is 5.49. The Morgan fingerprint density at radius 3 is 2.02 bits per heavy atom. The van der Waals surface area contributed by atoms with Crippen LogP contribution >= 0.6 is 15.9 Å². The number of pyridine rings is 1. The first kappa shape index (κ1) is 32.2. The third-order valence-corrected chi connectivity index (χ3v) is 9.62. The molecular weight excluding hydrogens is 652 g/mol. The molecule has 47 heavy (non-hydrogen) atoms. The second-order valence-corrected chi connectivity index (χ2v) is 12.2. The van der Waals surface area contributed by atoms with E-state index in [-0.39, 0.29) is 11.7 Å². The van der Waals surface area contributed by atoms with E-state index in [1.807, 2.05) is 91.1 Å². The molecule has 0 saturated carbocycles. The van der Waals surface area contributed by atoms with Gasteiger partial charge in [0.2, 0.25) is 0 Å². The standard InChI is InChI=1S/C40H37BrN2O4/c1-4-27(39(44)38-37(41)35-21-12-28(25-36(35)43-38)29-9-8-23-42-26-29)22-24-47-40(30-10-6-5-7-11-30,31-13-17-33(45-2)18-14-31)32-15-19-34(46-3)20-16-32/h5-21,23,25-27,43H,4,22,24H2,1-3H3. The first-order chi connectivity index (χ1) is 23.0. The number of ether oxygens (including phenoxy) is 3. The van der Waals surface area contributed by atoms with Crippen molar-refractivity contribution >= 4 is 32.6 Å². The highest BCUT2D eigenvalue weighted by Crippen LogP contribution is 2.42. The van der Waals surface area contributed by atoms with E-state index in [0.717, 1.165) is 54.7 Å². The van der Waals surface area contributed by atoms with Gasteiger partial charge in [-0.15, -0.1) is 0 Å². The molecule has 1 atom stereocenters. The Kier molecular flexibility index (Phi) is 9.85. The van der Waals surface area contributed by atoms with Gasteiger partial charge in [0.05, 0.1) is 24.4 Å². The first-order valence-corrected chi connectivity index (χ1v) is 16.5. The van der Waals surface area contributed by atoms with Crippen LogP contribution in [0, 0.1) is 5.92 Å². The van der Waals surface area contributed by atoms with Crippen LogP contribution in [0.5, 0.6) is 11.5 Å². The van der Waals surface area contributed by atoms with Gasteiger partial charge in [0.25, 0.3) is 0 Å². The molecule has 2 heterocycles. The van der Waals surface area contributed by atoms with Crippen LogP contribution in [0.4, 0.5) is 0 Å². The highest BCUT2D eigenvalue weighted by atomic mass is 79.9. The lowest BCUT2D eigenvalue weighted by Crippen LogP contribution is -2.34. The molecule has 0 radical (unpaired) electrons. The van der Waals surface area contributed by atoms with E-state index in [1.165, 1.54) is 0 Å². The number of Topliss-reactive ketones (excluding diaryl/α,β-unsaturated/α-hetero) is 1. The number of hydrogen-bond acceptors (Lipinski definition) is 5. The lowest BCUT2D eigenvalue weighted by Gasteiger charge is -2.36. The monoisotopic (exact) mass is 688 g/mol. The number of benzene rings is 4. The summed E-state index contributed by atoms with van der Waals surface area (Å²) in [6.07, 6.45) is 4.82. The summed E-state index contributed by atoms with van der Waals surface area (Å²) in [6.45, 7) is 2.40. The fourth-order valence-electron chi connectivity index (χ4n) is 6.20. The maximum absolute atomic E-state index is 14.1. The topological polar surface area (TPSA) is 73.4 Å². The smallest absolute Gasteiger partial charge is 0.183 e. The molecule has 1 unspecified atom stereocenters. The summed E-state index contributed by atoms with van der Waals surface area (Å²) in [5.74, 6) is 1.33. The lowest BCUT2D eigenvalue weighted by atomic mass is 9.80. The van der Waals surface area contributed by atoms with Crippen molar-refractivity contribution < 1.29 is 19.0 Å². The van der Waals surface area contributed by atoms with Crippen molar-refractivity contribution in [3.05, 3.63) is 148 Å². The third-order valence-electron chi connectivity index (χ3n) is 8.80. The predicted octanol–water partition coefficient (Wildman–Crippen LogP) is 9.62. The van der Waals surface area contributed by atoms with Crippen LogP contribution in [0.15, 0.2) is 126 Å². The van der Waals surface area contributed by atoms with Gasteiger partial charge in [0.1, 0.15) is 17.1 Å². The van der Waals surface area contributed by atoms with E-state index < -0.39 is 5.60 Å². The summed E-state index contributed by atoms with van der Waals surface area (Å²) >= 11 is 3.73. The molecule has 0 spiro atoms. The molecule has 0 aliphatic heterocycles. The number of carbonyl (C=O) groups excluding carboxylic acids is 1. The lowest BCUT2D eigenvalue weighted by molar-refractivity contribution is 0.00578. The highest BCUT2D eigenvalue weighted by molar-refractivity contribution is 9.10. The molecule has 6 nitrogen and oxygen atoms in total. The second kappa shape index (κ2) is 14.4. The molecule has 6 rings (SSSR count).